The lowest BCUT2D eigenvalue weighted by Crippen LogP contribution is -2.22. The van der Waals surface area contributed by atoms with Crippen LogP contribution in [0.15, 0.2) is 47.3 Å². The number of hydrogen-bond donors (Lipinski definition) is 1. The summed E-state index contributed by atoms with van der Waals surface area (Å²) in [7, 11) is 0. The zero-order valence-electron chi connectivity index (χ0n) is 15.2. The second-order valence-electron chi connectivity index (χ2n) is 5.96. The van der Waals surface area contributed by atoms with Crippen LogP contribution in [-0.4, -0.2) is 22.9 Å². The van der Waals surface area contributed by atoms with Crippen molar-refractivity contribution in [2.45, 2.75) is 13.8 Å². The minimum atomic E-state index is -0.485. The maximum atomic E-state index is 13.1. The van der Waals surface area contributed by atoms with E-state index in [1.54, 1.807) is 19.9 Å². The number of aryl methyl sites for hydroxylation is 1. The highest BCUT2D eigenvalue weighted by Gasteiger charge is 2.20. The molecule has 1 aromatic carbocycles. The summed E-state index contributed by atoms with van der Waals surface area (Å²) in [5.41, 5.74) is 6.69. The van der Waals surface area contributed by atoms with E-state index < -0.39 is 23.1 Å². The number of aromatic nitrogens is 1. The van der Waals surface area contributed by atoms with Gasteiger partial charge in [-0.05, 0) is 55.8 Å². The number of thiophene rings is 1. The highest BCUT2D eigenvalue weighted by molar-refractivity contribution is 7.16. The van der Waals surface area contributed by atoms with Crippen LogP contribution >= 0.6 is 11.3 Å². The lowest BCUT2D eigenvalue weighted by molar-refractivity contribution is 0.0531. The van der Waals surface area contributed by atoms with Crippen LogP contribution < -0.4 is 11.3 Å². The van der Waals surface area contributed by atoms with Gasteiger partial charge in [-0.25, -0.2) is 9.18 Å². The van der Waals surface area contributed by atoms with Crippen molar-refractivity contribution >= 4 is 28.9 Å². The molecule has 0 aliphatic carbocycles. The van der Waals surface area contributed by atoms with Gasteiger partial charge in [0.2, 0.25) is 0 Å². The van der Waals surface area contributed by atoms with Gasteiger partial charge in [-0.2, -0.15) is 0 Å². The van der Waals surface area contributed by atoms with Gasteiger partial charge < -0.3 is 10.5 Å². The molecule has 0 fully saturated rings. The van der Waals surface area contributed by atoms with Gasteiger partial charge in [0.05, 0.1) is 12.2 Å². The van der Waals surface area contributed by atoms with Crippen LogP contribution in [0.2, 0.25) is 0 Å². The van der Waals surface area contributed by atoms with E-state index in [1.807, 2.05) is 0 Å². The van der Waals surface area contributed by atoms with Crippen molar-refractivity contribution in [1.82, 2.24) is 4.57 Å². The number of anilines is 1. The molecule has 2 aromatic heterocycles. The molecule has 2 heterocycles. The second kappa shape index (κ2) is 7.77. The number of nitrogen functional groups attached to an aromatic ring is 1. The highest BCUT2D eigenvalue weighted by atomic mass is 32.1. The number of ether oxygens (including phenoxy) is 1. The average molecular weight is 400 g/mol. The summed E-state index contributed by atoms with van der Waals surface area (Å²) in [6, 6.07) is 9.25. The molecule has 3 rings (SSSR count). The summed E-state index contributed by atoms with van der Waals surface area (Å²) in [6.45, 7) is 3.66. The Balaban J connectivity index is 2.09. The predicted molar refractivity (Wildman–Crippen MR) is 105 cm³/mol. The van der Waals surface area contributed by atoms with Gasteiger partial charge in [0, 0.05) is 11.6 Å². The fourth-order valence-corrected chi connectivity index (χ4v) is 3.79. The predicted octanol–water partition coefficient (Wildman–Crippen LogP) is 3.34. The topological polar surface area (TPSA) is 91.4 Å². The number of nitrogens with zero attached hydrogens (tertiary/aromatic N) is 1. The number of hydrogen-bond acceptors (Lipinski definition) is 6. The van der Waals surface area contributed by atoms with E-state index in [4.69, 9.17) is 10.5 Å². The summed E-state index contributed by atoms with van der Waals surface area (Å²) < 4.78 is 19.3. The van der Waals surface area contributed by atoms with Gasteiger partial charge in [0.1, 0.15) is 21.5 Å². The zero-order valence-corrected chi connectivity index (χ0v) is 16.0. The highest BCUT2D eigenvalue weighted by Crippen LogP contribution is 2.28. The summed E-state index contributed by atoms with van der Waals surface area (Å²) in [4.78, 5) is 37.6. The molecule has 0 radical (unpaired) electrons. The van der Waals surface area contributed by atoms with E-state index in [2.05, 4.69) is 0 Å². The first-order valence-corrected chi connectivity index (χ1v) is 9.24. The molecule has 0 saturated carbocycles. The molecule has 0 spiro atoms. The molecule has 0 saturated heterocycles. The number of carbonyl (C=O) groups excluding carboxylic acids is 2. The first kappa shape index (κ1) is 19.5. The molecule has 2 N–H and O–H groups in total. The van der Waals surface area contributed by atoms with Crippen LogP contribution in [0.25, 0.3) is 5.00 Å². The molecule has 0 amide bonds. The normalized spacial score (nSPS) is 10.7. The third-order valence-corrected chi connectivity index (χ3v) is 5.27. The van der Waals surface area contributed by atoms with Crippen LogP contribution in [0.1, 0.15) is 38.1 Å². The van der Waals surface area contributed by atoms with E-state index in [-0.39, 0.29) is 23.6 Å². The van der Waals surface area contributed by atoms with E-state index >= 15 is 0 Å². The van der Waals surface area contributed by atoms with Crippen molar-refractivity contribution in [3.8, 4) is 5.00 Å². The zero-order chi connectivity index (χ0) is 20.4. The van der Waals surface area contributed by atoms with Crippen molar-refractivity contribution < 1.29 is 18.7 Å². The Bertz CT molecular complexity index is 1120. The summed E-state index contributed by atoms with van der Waals surface area (Å²) >= 11 is 1.05. The standard InChI is InChI=1S/C20H17FN2O4S/c1-3-27-20(26)18-11(2)10-16(28-18)23-15(24)9-8-14(19(23)22)17(25)12-4-6-13(21)7-5-12/h4-10H,3,22H2,1-2H3. The Kier molecular flexibility index (Phi) is 5.41. The molecule has 28 heavy (non-hydrogen) atoms. The van der Waals surface area contributed by atoms with E-state index in [9.17, 15) is 18.8 Å². The second-order valence-corrected chi connectivity index (χ2v) is 6.99. The van der Waals surface area contributed by atoms with Crippen LogP contribution in [0.4, 0.5) is 10.2 Å². The molecule has 0 aliphatic heterocycles. The summed E-state index contributed by atoms with van der Waals surface area (Å²) in [5.74, 6) is -1.44. The van der Waals surface area contributed by atoms with Crippen LogP contribution in [-0.2, 0) is 4.74 Å². The number of ketones is 1. The Morgan fingerprint density at radius 3 is 2.50 bits per heavy atom. The minimum absolute atomic E-state index is 0.0570. The van der Waals surface area contributed by atoms with Gasteiger partial charge in [-0.1, -0.05) is 0 Å². The summed E-state index contributed by atoms with van der Waals surface area (Å²) in [5, 5.41) is 0.400. The minimum Gasteiger partial charge on any atom is -0.462 e. The quantitative estimate of drug-likeness (QED) is 0.524. The van der Waals surface area contributed by atoms with E-state index in [0.717, 1.165) is 11.3 Å². The van der Waals surface area contributed by atoms with Crippen molar-refractivity contribution in [3.05, 3.63) is 80.2 Å². The van der Waals surface area contributed by atoms with Crippen molar-refractivity contribution in [2.24, 2.45) is 0 Å². The maximum Gasteiger partial charge on any atom is 0.348 e. The van der Waals surface area contributed by atoms with E-state index in [1.165, 1.54) is 41.0 Å². The number of rotatable bonds is 5. The molecule has 3 aromatic rings. The summed E-state index contributed by atoms with van der Waals surface area (Å²) in [6.07, 6.45) is 0. The fourth-order valence-electron chi connectivity index (χ4n) is 2.70. The number of pyridine rings is 1. The average Bonchev–Trinajstić information content (AvgIpc) is 3.03. The number of nitrogens with two attached hydrogens (primary N) is 1. The van der Waals surface area contributed by atoms with Gasteiger partial charge in [0.15, 0.2) is 5.78 Å². The molecule has 144 valence electrons. The van der Waals surface area contributed by atoms with Crippen molar-refractivity contribution in [3.63, 3.8) is 0 Å². The maximum absolute atomic E-state index is 13.1. The van der Waals surface area contributed by atoms with Gasteiger partial charge >= 0.3 is 5.97 Å². The number of carbonyl (C=O) groups is 2. The molecule has 0 atom stereocenters. The molecule has 6 nitrogen and oxygen atoms in total. The Hall–Kier alpha value is -3.26. The van der Waals surface area contributed by atoms with Crippen LogP contribution in [0, 0.1) is 12.7 Å². The lowest BCUT2D eigenvalue weighted by Gasteiger charge is -2.11. The molecule has 0 aliphatic rings. The van der Waals surface area contributed by atoms with E-state index in [0.29, 0.717) is 15.4 Å². The SMILES string of the molecule is CCOC(=O)c1sc(-n2c(N)c(C(=O)c3ccc(F)cc3)ccc2=O)cc1C. The van der Waals surface area contributed by atoms with Crippen LogP contribution in [0.3, 0.4) is 0 Å². The van der Waals surface area contributed by atoms with Gasteiger partial charge in [-0.15, -0.1) is 11.3 Å². The monoisotopic (exact) mass is 400 g/mol. The lowest BCUT2D eigenvalue weighted by atomic mass is 10.0. The Morgan fingerprint density at radius 1 is 1.18 bits per heavy atom. The fraction of sp³-hybridized carbons (Fsp3) is 0.150. The molecule has 8 heteroatoms. The molecular formula is C20H17FN2O4S. The smallest absolute Gasteiger partial charge is 0.348 e. The number of halogens is 1. The molecular weight excluding hydrogens is 383 g/mol. The van der Waals surface area contributed by atoms with Gasteiger partial charge in [0.25, 0.3) is 5.56 Å². The molecule has 0 unspecified atom stereocenters. The largest absolute Gasteiger partial charge is 0.462 e. The Labute approximate surface area is 164 Å². The van der Waals surface area contributed by atoms with Gasteiger partial charge in [-0.3, -0.25) is 14.2 Å². The van der Waals surface area contributed by atoms with Crippen molar-refractivity contribution in [2.75, 3.05) is 12.3 Å². The first-order chi connectivity index (χ1) is 13.3. The molecule has 0 bridgehead atoms. The number of esters is 1. The van der Waals surface area contributed by atoms with Crippen LogP contribution in [0.5, 0.6) is 0 Å². The third kappa shape index (κ3) is 3.59. The number of benzene rings is 1. The first-order valence-electron chi connectivity index (χ1n) is 8.43. The van der Waals surface area contributed by atoms with Crippen molar-refractivity contribution in [1.29, 1.82) is 0 Å². The Morgan fingerprint density at radius 2 is 1.86 bits per heavy atom. The third-order valence-electron chi connectivity index (χ3n) is 4.07.